The van der Waals surface area contributed by atoms with E-state index in [9.17, 15) is 34.6 Å². The minimum absolute atomic E-state index is 0.0256. The fourth-order valence-electron chi connectivity index (χ4n) is 3.49. The van der Waals surface area contributed by atoms with Gasteiger partial charge in [0.1, 0.15) is 22.5 Å². The van der Waals surface area contributed by atoms with Crippen molar-refractivity contribution in [1.29, 1.82) is 0 Å². The Labute approximate surface area is 208 Å². The molecule has 2 fully saturated rings. The van der Waals surface area contributed by atoms with Crippen LogP contribution in [0.5, 0.6) is 5.88 Å². The SMILES string of the molecule is Cn1c(SCC2(C(=O)O)CS[C@@H]3C(NC(=O)C(=NO)c4csc(N)n4)C(=O)N3C2)nnc(O)c1=O. The number of aliphatic carboxylic acids is 1. The summed E-state index contributed by atoms with van der Waals surface area (Å²) >= 11 is 3.20. The highest BCUT2D eigenvalue weighted by molar-refractivity contribution is 8.00. The maximum Gasteiger partial charge on any atom is 0.316 e. The van der Waals surface area contributed by atoms with Crippen LogP contribution >= 0.6 is 34.9 Å². The number of carbonyl (C=O) groups excluding carboxylic acids is 2. The average molecular weight is 543 g/mol. The number of carbonyl (C=O) groups is 3. The lowest BCUT2D eigenvalue weighted by atomic mass is 9.89. The molecule has 4 heterocycles. The maximum atomic E-state index is 12.8. The summed E-state index contributed by atoms with van der Waals surface area (Å²) < 4.78 is 1.05. The van der Waals surface area contributed by atoms with Crippen LogP contribution in [-0.2, 0) is 21.4 Å². The van der Waals surface area contributed by atoms with Crippen molar-refractivity contribution in [3.05, 3.63) is 21.4 Å². The fraction of sp³-hybridized carbons (Fsp3) is 0.412. The first kappa shape index (κ1) is 24.7. The molecule has 4 rings (SSSR count). The van der Waals surface area contributed by atoms with Gasteiger partial charge >= 0.3 is 11.5 Å². The number of anilines is 1. The largest absolute Gasteiger partial charge is 0.488 e. The summed E-state index contributed by atoms with van der Waals surface area (Å²) in [6.45, 7) is -0.124. The van der Waals surface area contributed by atoms with Gasteiger partial charge in [-0.15, -0.1) is 33.3 Å². The van der Waals surface area contributed by atoms with E-state index in [2.05, 4.69) is 25.7 Å². The van der Waals surface area contributed by atoms with E-state index >= 15 is 0 Å². The van der Waals surface area contributed by atoms with E-state index < -0.39 is 51.8 Å². The molecule has 0 aromatic carbocycles. The molecule has 2 amide bonds. The summed E-state index contributed by atoms with van der Waals surface area (Å²) in [4.78, 5) is 54.6. The van der Waals surface area contributed by atoms with Gasteiger partial charge in [0.2, 0.25) is 5.91 Å². The number of amides is 2. The molecule has 2 aromatic heterocycles. The Bertz CT molecular complexity index is 1300. The molecule has 186 valence electrons. The lowest BCUT2D eigenvalue weighted by molar-refractivity contribution is -0.157. The van der Waals surface area contributed by atoms with Crippen molar-refractivity contribution in [2.45, 2.75) is 16.6 Å². The molecule has 2 aliphatic heterocycles. The van der Waals surface area contributed by atoms with E-state index in [1.807, 2.05) is 0 Å². The molecule has 0 bridgehead atoms. The van der Waals surface area contributed by atoms with Crippen molar-refractivity contribution in [2.75, 3.05) is 23.8 Å². The third-order valence-electron chi connectivity index (χ3n) is 5.46. The number of aromatic nitrogens is 4. The Morgan fingerprint density at radius 1 is 1.40 bits per heavy atom. The van der Waals surface area contributed by atoms with E-state index in [1.165, 1.54) is 29.1 Å². The number of fused-ring (bicyclic) bond motifs is 1. The number of oxime groups is 1. The first-order valence-electron chi connectivity index (χ1n) is 9.73. The molecule has 2 aliphatic rings. The molecule has 18 heteroatoms. The molecular weight excluding hydrogens is 524 g/mol. The predicted molar refractivity (Wildman–Crippen MR) is 124 cm³/mol. The molecule has 0 radical (unpaired) electrons. The molecule has 0 spiro atoms. The zero-order chi connectivity index (χ0) is 25.5. The quantitative estimate of drug-likeness (QED) is 0.0871. The Morgan fingerprint density at radius 3 is 2.77 bits per heavy atom. The van der Waals surface area contributed by atoms with Crippen LogP contribution < -0.4 is 16.6 Å². The molecule has 0 aliphatic carbocycles. The minimum Gasteiger partial charge on any atom is -0.488 e. The standard InChI is InChI=1S/C17H18N8O7S3/c1-24-12(29)10(27)21-22-16(24)35-5-17(14(30)31)3-25-11(28)8(13(25)34-4-17)20-9(26)7(23-32)6-2-33-15(18)19-6/h2,8,13,32H,3-5H2,1H3,(H2,18,19)(H,20,26)(H,21,27)(H,30,31)/t8?,13-,17?/m1/s1. The molecule has 0 saturated carbocycles. The van der Waals surface area contributed by atoms with Crippen LogP contribution in [0, 0.1) is 5.41 Å². The molecular formula is C17H18N8O7S3. The Kier molecular flexibility index (Phi) is 6.60. The maximum absolute atomic E-state index is 12.8. The van der Waals surface area contributed by atoms with Gasteiger partial charge < -0.3 is 31.4 Å². The van der Waals surface area contributed by atoms with Crippen LogP contribution in [0.15, 0.2) is 20.5 Å². The third-order valence-corrected chi connectivity index (χ3v) is 9.03. The smallest absolute Gasteiger partial charge is 0.316 e. The monoisotopic (exact) mass is 542 g/mol. The van der Waals surface area contributed by atoms with E-state index in [0.717, 1.165) is 27.7 Å². The molecule has 3 atom stereocenters. The van der Waals surface area contributed by atoms with Gasteiger partial charge in [-0.05, 0) is 0 Å². The van der Waals surface area contributed by atoms with Gasteiger partial charge in [-0.1, -0.05) is 16.9 Å². The first-order valence-corrected chi connectivity index (χ1v) is 12.6. The zero-order valence-corrected chi connectivity index (χ0v) is 20.3. The summed E-state index contributed by atoms with van der Waals surface area (Å²) in [5, 5.41) is 42.3. The van der Waals surface area contributed by atoms with Gasteiger partial charge in [0.25, 0.3) is 11.8 Å². The second-order valence-corrected chi connectivity index (χ2v) is 10.6. The Balaban J connectivity index is 1.44. The Morgan fingerprint density at radius 2 is 2.14 bits per heavy atom. The number of β-lactam (4-membered cyclic amide) rings is 1. The van der Waals surface area contributed by atoms with Crippen LogP contribution in [0.25, 0.3) is 0 Å². The second-order valence-electron chi connectivity index (χ2n) is 7.68. The number of nitrogens with zero attached hydrogens (tertiary/aromatic N) is 6. The van der Waals surface area contributed by atoms with E-state index in [1.54, 1.807) is 0 Å². The summed E-state index contributed by atoms with van der Waals surface area (Å²) in [6, 6.07) is -0.941. The Hall–Kier alpha value is -3.38. The summed E-state index contributed by atoms with van der Waals surface area (Å²) in [6.07, 6.45) is 0. The van der Waals surface area contributed by atoms with Crippen LogP contribution in [0.1, 0.15) is 5.69 Å². The number of aromatic hydroxyl groups is 1. The summed E-state index contributed by atoms with van der Waals surface area (Å²) in [5.74, 6) is -3.13. The number of nitrogens with two attached hydrogens (primary N) is 1. The second kappa shape index (κ2) is 9.34. The van der Waals surface area contributed by atoms with Crippen LogP contribution in [0.3, 0.4) is 0 Å². The van der Waals surface area contributed by atoms with Crippen molar-refractivity contribution >= 4 is 63.5 Å². The van der Waals surface area contributed by atoms with E-state index in [0.29, 0.717) is 0 Å². The lowest BCUT2D eigenvalue weighted by Gasteiger charge is -2.53. The summed E-state index contributed by atoms with van der Waals surface area (Å²) in [7, 11) is 1.37. The number of carboxylic acid groups (broad SMARTS) is 1. The average Bonchev–Trinajstić information content (AvgIpc) is 3.26. The number of thiazole rings is 1. The van der Waals surface area contributed by atoms with E-state index in [4.69, 9.17) is 5.73 Å². The highest BCUT2D eigenvalue weighted by Gasteiger charge is 2.57. The normalized spacial score (nSPS) is 24.0. The van der Waals surface area contributed by atoms with Gasteiger partial charge in [-0.2, -0.15) is 0 Å². The number of rotatable bonds is 7. The third kappa shape index (κ3) is 4.39. The van der Waals surface area contributed by atoms with Crippen molar-refractivity contribution < 1.29 is 29.8 Å². The number of carboxylic acids is 1. The highest BCUT2D eigenvalue weighted by atomic mass is 32.2. The van der Waals surface area contributed by atoms with Crippen molar-refractivity contribution in [3.63, 3.8) is 0 Å². The van der Waals surface area contributed by atoms with Gasteiger partial charge in [0.15, 0.2) is 16.0 Å². The molecule has 2 unspecified atom stereocenters. The van der Waals surface area contributed by atoms with Crippen molar-refractivity contribution in [3.8, 4) is 5.88 Å². The number of hydrogen-bond donors (Lipinski definition) is 5. The van der Waals surface area contributed by atoms with Crippen molar-refractivity contribution in [1.82, 2.24) is 30.0 Å². The number of hydrogen-bond acceptors (Lipinski definition) is 14. The van der Waals surface area contributed by atoms with Gasteiger partial charge in [0.05, 0.1) is 0 Å². The predicted octanol–water partition coefficient (Wildman–Crippen LogP) is -1.64. The molecule has 15 nitrogen and oxygen atoms in total. The lowest BCUT2D eigenvalue weighted by Crippen LogP contribution is -2.74. The molecule has 35 heavy (non-hydrogen) atoms. The zero-order valence-electron chi connectivity index (χ0n) is 17.8. The van der Waals surface area contributed by atoms with Gasteiger partial charge in [-0.25, -0.2) is 4.98 Å². The number of nitrogen functional groups attached to an aromatic ring is 1. The molecule has 6 N–H and O–H groups in total. The topological polar surface area (TPSA) is 226 Å². The van der Waals surface area contributed by atoms with Crippen molar-refractivity contribution in [2.24, 2.45) is 17.6 Å². The number of thioether (sulfide) groups is 2. The summed E-state index contributed by atoms with van der Waals surface area (Å²) in [5.41, 5.74) is 3.07. The van der Waals surface area contributed by atoms with Crippen LogP contribution in [-0.4, -0.2) is 93.0 Å². The molecule has 2 aromatic rings. The first-order chi connectivity index (χ1) is 16.6. The van der Waals surface area contributed by atoms with E-state index in [-0.39, 0.29) is 34.0 Å². The van der Waals surface area contributed by atoms with Crippen LogP contribution in [0.4, 0.5) is 5.13 Å². The van der Waals surface area contributed by atoms with Gasteiger partial charge in [-0.3, -0.25) is 23.7 Å². The molecule has 2 saturated heterocycles. The minimum atomic E-state index is -1.36. The van der Waals surface area contributed by atoms with Crippen LogP contribution in [0.2, 0.25) is 0 Å². The number of nitrogens with one attached hydrogen (secondary N) is 1. The highest BCUT2D eigenvalue weighted by Crippen LogP contribution is 2.44. The fourth-order valence-corrected chi connectivity index (χ4v) is 6.81. The van der Waals surface area contributed by atoms with Gasteiger partial charge in [0, 0.05) is 30.5 Å².